The van der Waals surface area contributed by atoms with Gasteiger partial charge in [0.15, 0.2) is 5.76 Å². The lowest BCUT2D eigenvalue weighted by Gasteiger charge is -2.31. The van der Waals surface area contributed by atoms with Crippen LogP contribution in [0.5, 0.6) is 0 Å². The molecule has 0 bridgehead atoms. The minimum atomic E-state index is -5.09. The van der Waals surface area contributed by atoms with Crippen molar-refractivity contribution >= 4 is 11.6 Å². The molecule has 0 saturated carbocycles. The molecule has 1 aliphatic rings. The van der Waals surface area contributed by atoms with Crippen LogP contribution in [-0.4, -0.2) is 38.6 Å². The second kappa shape index (κ2) is 5.20. The average molecular weight is 325 g/mol. The summed E-state index contributed by atoms with van der Waals surface area (Å²) in [4.78, 5) is 16.0. The molecule has 1 amide bonds. The third-order valence-electron chi connectivity index (χ3n) is 3.38. The van der Waals surface area contributed by atoms with E-state index in [1.165, 1.54) is 36.7 Å². The molecule has 2 aromatic rings. The number of halogens is 3. The maximum absolute atomic E-state index is 13.3. The first-order chi connectivity index (χ1) is 10.8. The predicted octanol–water partition coefficient (Wildman–Crippen LogP) is 2.18. The highest BCUT2D eigenvalue weighted by molar-refractivity contribution is 6.04. The summed E-state index contributed by atoms with van der Waals surface area (Å²) >= 11 is 0. The van der Waals surface area contributed by atoms with E-state index in [0.717, 1.165) is 6.26 Å². The van der Waals surface area contributed by atoms with Crippen molar-refractivity contribution in [3.63, 3.8) is 0 Å². The number of nitrogens with zero attached hydrogens (tertiary/aromatic N) is 3. The third-order valence-corrected chi connectivity index (χ3v) is 3.38. The maximum atomic E-state index is 13.3. The van der Waals surface area contributed by atoms with Crippen molar-refractivity contribution in [2.75, 3.05) is 0 Å². The van der Waals surface area contributed by atoms with Crippen molar-refractivity contribution in [2.45, 2.75) is 18.3 Å². The smallest absolute Gasteiger partial charge is 0.438 e. The fraction of sp³-hybridized carbons (Fsp3) is 0.214. The highest BCUT2D eigenvalue weighted by atomic mass is 19.4. The quantitative estimate of drug-likeness (QED) is 0.918. The minimum Gasteiger partial charge on any atom is -0.459 e. The molecular weight excluding hydrogens is 315 g/mol. The number of pyridine rings is 1. The zero-order chi connectivity index (χ0) is 16.7. The number of hydrogen-bond acceptors (Lipinski definition) is 5. The number of aliphatic hydroxyl groups is 1. The van der Waals surface area contributed by atoms with Crippen LogP contribution in [0, 0.1) is 0 Å². The summed E-state index contributed by atoms with van der Waals surface area (Å²) in [6.45, 7) is 0. The number of alkyl halides is 3. The van der Waals surface area contributed by atoms with Crippen LogP contribution in [0.3, 0.4) is 0 Å². The molecule has 0 saturated heterocycles. The van der Waals surface area contributed by atoms with Crippen molar-refractivity contribution < 1.29 is 27.5 Å². The van der Waals surface area contributed by atoms with E-state index in [9.17, 15) is 23.1 Å². The molecule has 6 nitrogen and oxygen atoms in total. The van der Waals surface area contributed by atoms with E-state index in [0.29, 0.717) is 5.56 Å². The zero-order valence-electron chi connectivity index (χ0n) is 11.5. The van der Waals surface area contributed by atoms with Gasteiger partial charge in [0, 0.05) is 18.0 Å². The molecule has 0 unspecified atom stereocenters. The van der Waals surface area contributed by atoms with Crippen LogP contribution in [0.2, 0.25) is 0 Å². The van der Waals surface area contributed by atoms with Crippen LogP contribution in [0.25, 0.3) is 0 Å². The Morgan fingerprint density at radius 1 is 1.30 bits per heavy atom. The molecular formula is C14H10F3N3O3. The van der Waals surface area contributed by atoms with Gasteiger partial charge < -0.3 is 9.52 Å². The SMILES string of the molecule is O=C(c1ccco1)N1N=C(c2ccncc2)C[C@@]1(O)C(F)(F)F. The van der Waals surface area contributed by atoms with E-state index < -0.39 is 24.2 Å². The standard InChI is InChI=1S/C14H10F3N3O3/c15-14(16,17)13(22)8-10(9-3-5-18-6-4-9)19-20(13)12(21)11-2-1-7-23-11/h1-7,22H,8H2/t13-/m1/s1. The van der Waals surface area contributed by atoms with Crippen LogP contribution in [0.15, 0.2) is 52.4 Å². The second-order valence-electron chi connectivity index (χ2n) is 4.87. The van der Waals surface area contributed by atoms with E-state index in [1.54, 1.807) is 0 Å². The lowest BCUT2D eigenvalue weighted by atomic mass is 10.0. The van der Waals surface area contributed by atoms with Gasteiger partial charge in [0.1, 0.15) is 0 Å². The molecule has 120 valence electrons. The summed E-state index contributed by atoms with van der Waals surface area (Å²) in [6, 6.07) is 5.43. The largest absolute Gasteiger partial charge is 0.459 e. The number of furan rings is 1. The first-order valence-electron chi connectivity index (χ1n) is 6.48. The van der Waals surface area contributed by atoms with Gasteiger partial charge in [0.2, 0.25) is 0 Å². The molecule has 2 aromatic heterocycles. The second-order valence-corrected chi connectivity index (χ2v) is 4.87. The molecule has 3 rings (SSSR count). The Kier molecular flexibility index (Phi) is 3.44. The van der Waals surface area contributed by atoms with Crippen molar-refractivity contribution in [3.8, 4) is 0 Å². The van der Waals surface area contributed by atoms with Crippen LogP contribution < -0.4 is 0 Å². The lowest BCUT2D eigenvalue weighted by molar-refractivity contribution is -0.297. The summed E-state index contributed by atoms with van der Waals surface area (Å²) in [7, 11) is 0. The van der Waals surface area contributed by atoms with Gasteiger partial charge in [0.25, 0.3) is 5.72 Å². The third kappa shape index (κ3) is 2.48. The number of aromatic nitrogens is 1. The predicted molar refractivity (Wildman–Crippen MR) is 71.3 cm³/mol. The Bertz CT molecular complexity index is 744. The lowest BCUT2D eigenvalue weighted by Crippen LogP contribution is -2.56. The van der Waals surface area contributed by atoms with Crippen LogP contribution >= 0.6 is 0 Å². The van der Waals surface area contributed by atoms with Crippen molar-refractivity contribution in [2.24, 2.45) is 5.10 Å². The Labute approximate surface area is 127 Å². The fourth-order valence-electron chi connectivity index (χ4n) is 2.19. The molecule has 1 atom stereocenters. The molecule has 3 heterocycles. The van der Waals surface area contributed by atoms with Crippen molar-refractivity contribution in [1.29, 1.82) is 0 Å². The first kappa shape index (κ1) is 15.2. The Hall–Kier alpha value is -2.68. The molecule has 0 aromatic carbocycles. The topological polar surface area (TPSA) is 78.9 Å². The van der Waals surface area contributed by atoms with Gasteiger partial charge in [-0.1, -0.05) is 0 Å². The maximum Gasteiger partial charge on any atom is 0.438 e. The summed E-state index contributed by atoms with van der Waals surface area (Å²) in [5.74, 6) is -1.54. The van der Waals surface area contributed by atoms with Gasteiger partial charge in [-0.2, -0.15) is 23.3 Å². The van der Waals surface area contributed by atoms with Crippen molar-refractivity contribution in [3.05, 3.63) is 54.2 Å². The Balaban J connectivity index is 2.04. The average Bonchev–Trinajstić information content (AvgIpc) is 3.15. The van der Waals surface area contributed by atoms with E-state index in [-0.39, 0.29) is 16.5 Å². The molecule has 1 N–H and O–H groups in total. The highest BCUT2D eigenvalue weighted by Crippen LogP contribution is 2.41. The summed E-state index contributed by atoms with van der Waals surface area (Å²) in [6.07, 6.45) is -2.08. The van der Waals surface area contributed by atoms with Gasteiger partial charge in [-0.3, -0.25) is 9.78 Å². The first-order valence-corrected chi connectivity index (χ1v) is 6.48. The summed E-state index contributed by atoms with van der Waals surface area (Å²) < 4.78 is 44.8. The Morgan fingerprint density at radius 2 is 2.00 bits per heavy atom. The molecule has 9 heteroatoms. The van der Waals surface area contributed by atoms with Crippen LogP contribution in [0.4, 0.5) is 13.2 Å². The van der Waals surface area contributed by atoms with Crippen molar-refractivity contribution in [1.82, 2.24) is 9.99 Å². The highest BCUT2D eigenvalue weighted by Gasteiger charge is 2.63. The number of amides is 1. The number of hydrogen-bond donors (Lipinski definition) is 1. The molecule has 23 heavy (non-hydrogen) atoms. The molecule has 0 aliphatic carbocycles. The minimum absolute atomic E-state index is 0.0155. The summed E-state index contributed by atoms with van der Waals surface area (Å²) in [5, 5.41) is 13.8. The fourth-order valence-corrected chi connectivity index (χ4v) is 2.19. The number of hydrazone groups is 1. The summed E-state index contributed by atoms with van der Waals surface area (Å²) in [5.41, 5.74) is -3.18. The number of rotatable bonds is 2. The van der Waals surface area contributed by atoms with E-state index in [2.05, 4.69) is 10.1 Å². The van der Waals surface area contributed by atoms with Crippen LogP contribution in [0.1, 0.15) is 22.5 Å². The van der Waals surface area contributed by atoms with Gasteiger partial charge in [-0.25, -0.2) is 0 Å². The number of carbonyl (C=O) groups excluding carboxylic acids is 1. The normalized spacial score (nSPS) is 21.4. The zero-order valence-corrected chi connectivity index (χ0v) is 11.5. The van der Waals surface area contributed by atoms with Gasteiger partial charge in [-0.15, -0.1) is 0 Å². The van der Waals surface area contributed by atoms with Gasteiger partial charge >= 0.3 is 12.1 Å². The molecule has 0 fully saturated rings. The van der Waals surface area contributed by atoms with Gasteiger partial charge in [-0.05, 0) is 24.3 Å². The molecule has 1 aliphatic heterocycles. The molecule has 0 radical (unpaired) electrons. The monoisotopic (exact) mass is 325 g/mol. The van der Waals surface area contributed by atoms with E-state index >= 15 is 0 Å². The number of carbonyl (C=O) groups is 1. The Morgan fingerprint density at radius 3 is 2.57 bits per heavy atom. The van der Waals surface area contributed by atoms with Crippen LogP contribution in [-0.2, 0) is 0 Å². The van der Waals surface area contributed by atoms with Gasteiger partial charge in [0.05, 0.1) is 18.4 Å². The van der Waals surface area contributed by atoms with E-state index in [4.69, 9.17) is 4.42 Å². The van der Waals surface area contributed by atoms with E-state index in [1.807, 2.05) is 0 Å². The molecule has 0 spiro atoms.